The molecular weight excluding hydrogens is 272 g/mol. The molecule has 2 rings (SSSR count). The van der Waals surface area contributed by atoms with Crippen LogP contribution < -0.4 is 5.32 Å². The maximum absolute atomic E-state index is 12.6. The zero-order chi connectivity index (χ0) is 13.7. The Hall–Kier alpha value is -0.280. The minimum absolute atomic E-state index is 0. The van der Waals surface area contributed by atoms with Gasteiger partial charge in [0.25, 0.3) is 0 Å². The van der Waals surface area contributed by atoms with Crippen molar-refractivity contribution < 1.29 is 4.79 Å². The monoisotopic (exact) mass is 302 g/mol. The Morgan fingerprint density at radius 1 is 1.05 bits per heavy atom. The summed E-state index contributed by atoms with van der Waals surface area (Å²) < 4.78 is 0. The summed E-state index contributed by atoms with van der Waals surface area (Å²) in [7, 11) is 2.04. The molecule has 1 aliphatic heterocycles. The number of carbonyl (C=O) groups excluding carboxylic acids is 1. The Balaban J connectivity index is 0.00000200. The van der Waals surface area contributed by atoms with Gasteiger partial charge in [0.1, 0.15) is 0 Å². The minimum atomic E-state index is 0. The first kappa shape index (κ1) is 17.8. The smallest absolute Gasteiger partial charge is 0.225 e. The first-order valence-corrected chi connectivity index (χ1v) is 8.18. The summed E-state index contributed by atoms with van der Waals surface area (Å²) in [6.07, 6.45) is 11.1. The van der Waals surface area contributed by atoms with Gasteiger partial charge in [0.2, 0.25) is 5.91 Å². The predicted molar refractivity (Wildman–Crippen MR) is 86.3 cm³/mol. The van der Waals surface area contributed by atoms with Crippen molar-refractivity contribution in [1.29, 1.82) is 0 Å². The normalized spacial score (nSPS) is 28.9. The summed E-state index contributed by atoms with van der Waals surface area (Å²) in [6.45, 7) is 3.19. The van der Waals surface area contributed by atoms with E-state index in [1.54, 1.807) is 0 Å². The molecule has 1 aliphatic carbocycles. The van der Waals surface area contributed by atoms with E-state index in [4.69, 9.17) is 0 Å². The number of carbonyl (C=O) groups is 1. The van der Waals surface area contributed by atoms with Gasteiger partial charge in [-0.3, -0.25) is 4.79 Å². The zero-order valence-electron chi connectivity index (χ0n) is 13.1. The number of rotatable bonds is 2. The van der Waals surface area contributed by atoms with Crippen molar-refractivity contribution in [3.05, 3.63) is 0 Å². The van der Waals surface area contributed by atoms with Gasteiger partial charge >= 0.3 is 0 Å². The summed E-state index contributed by atoms with van der Waals surface area (Å²) in [4.78, 5) is 14.7. The van der Waals surface area contributed by atoms with Crippen molar-refractivity contribution in [2.45, 2.75) is 76.8 Å². The second kappa shape index (κ2) is 8.89. The second-order valence-electron chi connectivity index (χ2n) is 6.52. The van der Waals surface area contributed by atoms with Crippen molar-refractivity contribution in [2.75, 3.05) is 13.6 Å². The number of hydrogen-bond acceptors (Lipinski definition) is 2. The summed E-state index contributed by atoms with van der Waals surface area (Å²) in [5, 5.41) is 3.43. The van der Waals surface area contributed by atoms with E-state index in [1.807, 2.05) is 7.05 Å². The molecule has 0 radical (unpaired) electrons. The third kappa shape index (κ3) is 4.92. The molecule has 1 saturated heterocycles. The van der Waals surface area contributed by atoms with Gasteiger partial charge in [-0.1, -0.05) is 32.1 Å². The highest BCUT2D eigenvalue weighted by molar-refractivity contribution is 5.85. The van der Waals surface area contributed by atoms with Crippen LogP contribution in [0.5, 0.6) is 0 Å². The Labute approximate surface area is 130 Å². The van der Waals surface area contributed by atoms with Crippen LogP contribution >= 0.6 is 12.4 Å². The fourth-order valence-corrected chi connectivity index (χ4v) is 3.65. The first-order chi connectivity index (χ1) is 9.18. The minimum Gasteiger partial charge on any atom is -0.343 e. The lowest BCUT2D eigenvalue weighted by atomic mass is 9.90. The van der Waals surface area contributed by atoms with Crippen LogP contribution in [0.2, 0.25) is 0 Å². The second-order valence-corrected chi connectivity index (χ2v) is 6.52. The van der Waals surface area contributed by atoms with Gasteiger partial charge < -0.3 is 10.2 Å². The van der Waals surface area contributed by atoms with E-state index >= 15 is 0 Å². The maximum Gasteiger partial charge on any atom is 0.225 e. The van der Waals surface area contributed by atoms with Gasteiger partial charge in [-0.05, 0) is 39.2 Å². The molecule has 0 bridgehead atoms. The fourth-order valence-electron chi connectivity index (χ4n) is 3.65. The van der Waals surface area contributed by atoms with Gasteiger partial charge in [0.05, 0.1) is 0 Å². The largest absolute Gasteiger partial charge is 0.343 e. The van der Waals surface area contributed by atoms with Crippen molar-refractivity contribution in [3.8, 4) is 0 Å². The highest BCUT2D eigenvalue weighted by atomic mass is 35.5. The Morgan fingerprint density at radius 2 is 1.65 bits per heavy atom. The third-order valence-electron chi connectivity index (χ3n) is 4.94. The average Bonchev–Trinajstić information content (AvgIpc) is 2.37. The van der Waals surface area contributed by atoms with Crippen LogP contribution in [0.25, 0.3) is 0 Å². The summed E-state index contributed by atoms with van der Waals surface area (Å²) in [6, 6.07) is 0.992. The standard InChI is InChI=1S/C16H30N2O.ClH/c1-13-12-14(10-11-17-13)16(19)18(2)15-8-6-4-3-5-7-9-15;/h13-15,17H,3-12H2,1-2H3;1H/t13-,14-;/m0./s1. The predicted octanol–water partition coefficient (Wildman–Crippen LogP) is 3.37. The molecule has 2 aliphatic rings. The third-order valence-corrected chi connectivity index (χ3v) is 4.94. The molecule has 1 amide bonds. The van der Waals surface area contributed by atoms with Crippen molar-refractivity contribution in [2.24, 2.45) is 5.92 Å². The van der Waals surface area contributed by atoms with Gasteiger partial charge in [-0.2, -0.15) is 0 Å². The fraction of sp³-hybridized carbons (Fsp3) is 0.938. The van der Waals surface area contributed by atoms with E-state index in [1.165, 1.54) is 44.9 Å². The van der Waals surface area contributed by atoms with Crippen LogP contribution in [0.15, 0.2) is 0 Å². The molecule has 1 heterocycles. The molecule has 0 aromatic carbocycles. The van der Waals surface area contributed by atoms with Crippen LogP contribution in [0.1, 0.15) is 64.7 Å². The van der Waals surface area contributed by atoms with E-state index in [0.717, 1.165) is 19.4 Å². The molecule has 1 saturated carbocycles. The van der Waals surface area contributed by atoms with Gasteiger partial charge in [0, 0.05) is 25.0 Å². The van der Waals surface area contributed by atoms with Crippen LogP contribution in [0.3, 0.4) is 0 Å². The van der Waals surface area contributed by atoms with E-state index in [9.17, 15) is 4.79 Å². The van der Waals surface area contributed by atoms with Crippen molar-refractivity contribution in [3.63, 3.8) is 0 Å². The van der Waals surface area contributed by atoms with E-state index in [2.05, 4.69) is 17.1 Å². The highest BCUT2D eigenvalue weighted by Crippen LogP contribution is 2.24. The SMILES string of the molecule is C[C@H]1C[C@@H](C(=O)N(C)C2CCCCCCC2)CCN1.Cl. The van der Waals surface area contributed by atoms with Gasteiger partial charge in [-0.25, -0.2) is 0 Å². The first-order valence-electron chi connectivity index (χ1n) is 8.18. The molecule has 118 valence electrons. The molecule has 0 unspecified atom stereocenters. The Bertz CT molecular complexity index is 290. The lowest BCUT2D eigenvalue weighted by Gasteiger charge is -2.35. The molecular formula is C16H31ClN2O. The molecule has 2 fully saturated rings. The van der Waals surface area contributed by atoms with Crippen LogP contribution in [-0.4, -0.2) is 36.5 Å². The quantitative estimate of drug-likeness (QED) is 0.848. The lowest BCUT2D eigenvalue weighted by Crippen LogP contribution is -2.46. The number of hydrogen-bond donors (Lipinski definition) is 1. The van der Waals surface area contributed by atoms with E-state index in [0.29, 0.717) is 18.0 Å². The zero-order valence-corrected chi connectivity index (χ0v) is 13.9. The van der Waals surface area contributed by atoms with Gasteiger partial charge in [-0.15, -0.1) is 12.4 Å². The summed E-state index contributed by atoms with van der Waals surface area (Å²) in [5.41, 5.74) is 0. The number of nitrogens with one attached hydrogen (secondary N) is 1. The van der Waals surface area contributed by atoms with Crippen molar-refractivity contribution in [1.82, 2.24) is 10.2 Å². The number of piperidine rings is 1. The summed E-state index contributed by atoms with van der Waals surface area (Å²) in [5.74, 6) is 0.658. The van der Waals surface area contributed by atoms with Crippen LogP contribution in [-0.2, 0) is 4.79 Å². The van der Waals surface area contributed by atoms with Crippen molar-refractivity contribution >= 4 is 18.3 Å². The molecule has 2 atom stereocenters. The van der Waals surface area contributed by atoms with Gasteiger partial charge in [0.15, 0.2) is 0 Å². The maximum atomic E-state index is 12.6. The van der Waals surface area contributed by atoms with E-state index in [-0.39, 0.29) is 18.3 Å². The number of amides is 1. The Kier molecular flexibility index (Phi) is 7.90. The number of halogens is 1. The van der Waals surface area contributed by atoms with Crippen LogP contribution in [0, 0.1) is 5.92 Å². The molecule has 0 aromatic heterocycles. The Morgan fingerprint density at radius 3 is 2.25 bits per heavy atom. The molecule has 3 nitrogen and oxygen atoms in total. The molecule has 20 heavy (non-hydrogen) atoms. The lowest BCUT2D eigenvalue weighted by molar-refractivity contribution is -0.137. The molecule has 4 heteroatoms. The average molecular weight is 303 g/mol. The molecule has 0 spiro atoms. The topological polar surface area (TPSA) is 32.3 Å². The highest BCUT2D eigenvalue weighted by Gasteiger charge is 2.30. The van der Waals surface area contributed by atoms with E-state index < -0.39 is 0 Å². The summed E-state index contributed by atoms with van der Waals surface area (Å²) >= 11 is 0. The molecule has 1 N–H and O–H groups in total. The van der Waals surface area contributed by atoms with Crippen LogP contribution in [0.4, 0.5) is 0 Å². The number of nitrogens with zero attached hydrogens (tertiary/aromatic N) is 1. The molecule has 0 aromatic rings.